The van der Waals surface area contributed by atoms with Gasteiger partial charge in [-0.2, -0.15) is 10.1 Å². The van der Waals surface area contributed by atoms with E-state index in [1.807, 2.05) is 20.2 Å². The van der Waals surface area contributed by atoms with E-state index in [9.17, 15) is 0 Å². The molecule has 102 valence electrons. The number of rotatable bonds is 2. The van der Waals surface area contributed by atoms with E-state index in [2.05, 4.69) is 30.5 Å². The number of anilines is 1. The molecule has 1 saturated heterocycles. The molecule has 0 amide bonds. The molecule has 0 spiro atoms. The third-order valence-corrected chi connectivity index (χ3v) is 3.37. The van der Waals surface area contributed by atoms with Crippen LogP contribution in [0.15, 0.2) is 6.20 Å². The first-order valence-electron chi connectivity index (χ1n) is 6.63. The maximum atomic E-state index is 4.60. The number of nitrogens with zero attached hydrogens (tertiary/aromatic N) is 5. The van der Waals surface area contributed by atoms with Gasteiger partial charge < -0.3 is 10.2 Å². The van der Waals surface area contributed by atoms with E-state index in [0.29, 0.717) is 0 Å². The van der Waals surface area contributed by atoms with Crippen molar-refractivity contribution >= 4 is 5.95 Å². The van der Waals surface area contributed by atoms with Crippen molar-refractivity contribution in [3.63, 3.8) is 0 Å². The van der Waals surface area contributed by atoms with E-state index in [4.69, 9.17) is 0 Å². The van der Waals surface area contributed by atoms with Gasteiger partial charge in [-0.05, 0) is 19.9 Å². The highest BCUT2D eigenvalue weighted by Crippen LogP contribution is 2.20. The standard InChI is InChI=1S/C12H19N7/c1-9-10(8-18(2)17-9)11-14-12(16-15-11)19-6-3-4-13-5-7-19/h8,13H,3-7H2,1-2H3,(H,14,15,16). The highest BCUT2D eigenvalue weighted by Gasteiger charge is 2.16. The molecule has 2 aromatic rings. The Hall–Kier alpha value is -1.89. The average Bonchev–Trinajstić information content (AvgIpc) is 2.88. The fourth-order valence-electron chi connectivity index (χ4n) is 2.39. The molecule has 1 fully saturated rings. The number of aryl methyl sites for hydroxylation is 2. The predicted octanol–water partition coefficient (Wildman–Crippen LogP) is 0.313. The number of H-pyrrole nitrogens is 1. The normalized spacial score (nSPS) is 16.6. The van der Waals surface area contributed by atoms with E-state index in [0.717, 1.165) is 55.6 Å². The molecular weight excluding hydrogens is 242 g/mol. The quantitative estimate of drug-likeness (QED) is 0.814. The monoisotopic (exact) mass is 261 g/mol. The second-order valence-electron chi connectivity index (χ2n) is 4.88. The molecule has 3 rings (SSSR count). The predicted molar refractivity (Wildman–Crippen MR) is 73.0 cm³/mol. The number of aromatic nitrogens is 5. The van der Waals surface area contributed by atoms with Crippen LogP contribution in [0.4, 0.5) is 5.95 Å². The summed E-state index contributed by atoms with van der Waals surface area (Å²) in [4.78, 5) is 6.81. The van der Waals surface area contributed by atoms with Crippen molar-refractivity contribution in [1.82, 2.24) is 30.3 Å². The first kappa shape index (κ1) is 12.2. The highest BCUT2D eigenvalue weighted by atomic mass is 15.4. The summed E-state index contributed by atoms with van der Waals surface area (Å²) in [6.45, 7) is 5.97. The molecule has 0 aliphatic carbocycles. The summed E-state index contributed by atoms with van der Waals surface area (Å²) >= 11 is 0. The first-order chi connectivity index (χ1) is 9.24. The van der Waals surface area contributed by atoms with Gasteiger partial charge in [-0.3, -0.25) is 9.78 Å². The zero-order chi connectivity index (χ0) is 13.2. The Balaban J connectivity index is 1.84. The zero-order valence-corrected chi connectivity index (χ0v) is 11.3. The molecule has 1 aliphatic heterocycles. The van der Waals surface area contributed by atoms with E-state index >= 15 is 0 Å². The lowest BCUT2D eigenvalue weighted by atomic mass is 10.2. The summed E-state index contributed by atoms with van der Waals surface area (Å²) < 4.78 is 1.79. The summed E-state index contributed by atoms with van der Waals surface area (Å²) in [5, 5.41) is 15.1. The van der Waals surface area contributed by atoms with Gasteiger partial charge in [0.1, 0.15) is 0 Å². The van der Waals surface area contributed by atoms with Crippen molar-refractivity contribution < 1.29 is 0 Å². The van der Waals surface area contributed by atoms with Crippen LogP contribution < -0.4 is 10.2 Å². The molecule has 0 radical (unpaired) electrons. The van der Waals surface area contributed by atoms with Crippen molar-refractivity contribution in [1.29, 1.82) is 0 Å². The van der Waals surface area contributed by atoms with Crippen LogP contribution in [0.1, 0.15) is 12.1 Å². The lowest BCUT2D eigenvalue weighted by Gasteiger charge is -2.16. The fourth-order valence-corrected chi connectivity index (χ4v) is 2.39. The molecule has 0 aromatic carbocycles. The first-order valence-corrected chi connectivity index (χ1v) is 6.63. The van der Waals surface area contributed by atoms with Gasteiger partial charge >= 0.3 is 0 Å². The van der Waals surface area contributed by atoms with Gasteiger partial charge in [0, 0.05) is 32.9 Å². The van der Waals surface area contributed by atoms with Crippen molar-refractivity contribution in [2.45, 2.75) is 13.3 Å². The molecule has 2 aromatic heterocycles. The number of nitrogens with one attached hydrogen (secondary N) is 2. The molecule has 0 saturated carbocycles. The molecular formula is C12H19N7. The van der Waals surface area contributed by atoms with E-state index in [1.165, 1.54) is 0 Å². The Morgan fingerprint density at radius 2 is 2.16 bits per heavy atom. The summed E-state index contributed by atoms with van der Waals surface area (Å²) in [7, 11) is 1.91. The van der Waals surface area contributed by atoms with Crippen LogP contribution in [-0.4, -0.2) is 51.1 Å². The maximum absolute atomic E-state index is 4.60. The molecule has 0 bridgehead atoms. The molecule has 19 heavy (non-hydrogen) atoms. The van der Waals surface area contributed by atoms with E-state index in [-0.39, 0.29) is 0 Å². The molecule has 7 heteroatoms. The van der Waals surface area contributed by atoms with Gasteiger partial charge in [-0.15, -0.1) is 5.10 Å². The Labute approximate surface area is 112 Å². The van der Waals surface area contributed by atoms with Crippen molar-refractivity contribution in [2.24, 2.45) is 7.05 Å². The van der Waals surface area contributed by atoms with Gasteiger partial charge in [0.05, 0.1) is 11.3 Å². The number of hydrogen-bond donors (Lipinski definition) is 2. The molecule has 0 unspecified atom stereocenters. The fraction of sp³-hybridized carbons (Fsp3) is 0.583. The summed E-state index contributed by atoms with van der Waals surface area (Å²) in [6.07, 6.45) is 3.08. The molecule has 3 heterocycles. The molecule has 2 N–H and O–H groups in total. The lowest BCUT2D eigenvalue weighted by Crippen LogP contribution is -2.28. The van der Waals surface area contributed by atoms with Gasteiger partial charge in [0.15, 0.2) is 5.82 Å². The average molecular weight is 261 g/mol. The van der Waals surface area contributed by atoms with Crippen LogP contribution in [0.2, 0.25) is 0 Å². The summed E-state index contributed by atoms with van der Waals surface area (Å²) in [5.74, 6) is 1.57. The van der Waals surface area contributed by atoms with Crippen molar-refractivity contribution in [2.75, 3.05) is 31.1 Å². The molecule has 1 aliphatic rings. The van der Waals surface area contributed by atoms with Gasteiger partial charge in [0.25, 0.3) is 0 Å². The van der Waals surface area contributed by atoms with Crippen molar-refractivity contribution in [3.8, 4) is 11.4 Å². The van der Waals surface area contributed by atoms with Crippen LogP contribution >= 0.6 is 0 Å². The Morgan fingerprint density at radius 3 is 2.95 bits per heavy atom. The third-order valence-electron chi connectivity index (χ3n) is 3.37. The number of hydrogen-bond acceptors (Lipinski definition) is 5. The lowest BCUT2D eigenvalue weighted by molar-refractivity contribution is 0.724. The largest absolute Gasteiger partial charge is 0.338 e. The van der Waals surface area contributed by atoms with Crippen LogP contribution in [0, 0.1) is 6.92 Å². The SMILES string of the molecule is Cc1nn(C)cc1-c1nc(N2CCCNCC2)n[nH]1. The third kappa shape index (κ3) is 2.46. The van der Waals surface area contributed by atoms with E-state index in [1.54, 1.807) is 4.68 Å². The summed E-state index contributed by atoms with van der Waals surface area (Å²) in [6, 6.07) is 0. The second kappa shape index (κ2) is 5.00. The second-order valence-corrected chi connectivity index (χ2v) is 4.88. The highest BCUT2D eigenvalue weighted by molar-refractivity contribution is 5.58. The Morgan fingerprint density at radius 1 is 1.26 bits per heavy atom. The smallest absolute Gasteiger partial charge is 0.245 e. The van der Waals surface area contributed by atoms with Gasteiger partial charge in [0.2, 0.25) is 5.95 Å². The topological polar surface area (TPSA) is 74.7 Å². The Bertz CT molecular complexity index is 548. The van der Waals surface area contributed by atoms with Gasteiger partial charge in [-0.25, -0.2) is 0 Å². The Kier molecular flexibility index (Phi) is 3.20. The summed E-state index contributed by atoms with van der Waals surface area (Å²) in [5.41, 5.74) is 1.97. The number of aromatic amines is 1. The van der Waals surface area contributed by atoms with Crippen molar-refractivity contribution in [3.05, 3.63) is 11.9 Å². The zero-order valence-electron chi connectivity index (χ0n) is 11.3. The molecule has 0 atom stereocenters. The minimum Gasteiger partial charge on any atom is -0.338 e. The van der Waals surface area contributed by atoms with Crippen LogP contribution in [-0.2, 0) is 7.05 Å². The van der Waals surface area contributed by atoms with Crippen LogP contribution in [0.25, 0.3) is 11.4 Å². The minimum absolute atomic E-state index is 0.780. The van der Waals surface area contributed by atoms with Crippen LogP contribution in [0.5, 0.6) is 0 Å². The van der Waals surface area contributed by atoms with Crippen LogP contribution in [0.3, 0.4) is 0 Å². The van der Waals surface area contributed by atoms with E-state index < -0.39 is 0 Å². The minimum atomic E-state index is 0.780. The molecule has 7 nitrogen and oxygen atoms in total. The maximum Gasteiger partial charge on any atom is 0.245 e. The van der Waals surface area contributed by atoms with Gasteiger partial charge in [-0.1, -0.05) is 0 Å².